The third-order valence-corrected chi connectivity index (χ3v) is 5.04. The highest BCUT2D eigenvalue weighted by Crippen LogP contribution is 2.26. The van der Waals surface area contributed by atoms with Crippen LogP contribution in [-0.2, 0) is 12.8 Å². The van der Waals surface area contributed by atoms with Crippen LogP contribution in [0.15, 0.2) is 23.2 Å². The van der Waals surface area contributed by atoms with Gasteiger partial charge in [0.25, 0.3) is 0 Å². The van der Waals surface area contributed by atoms with Crippen LogP contribution in [0.5, 0.6) is 5.75 Å². The number of fused-ring (bicyclic) bond motifs is 1. The molecule has 1 aromatic carbocycles. The van der Waals surface area contributed by atoms with Crippen molar-refractivity contribution in [1.82, 2.24) is 10.6 Å². The molecule has 0 saturated heterocycles. The van der Waals surface area contributed by atoms with E-state index in [1.807, 2.05) is 7.05 Å². The van der Waals surface area contributed by atoms with Gasteiger partial charge in [-0.2, -0.15) is 0 Å². The molecule has 1 heterocycles. The van der Waals surface area contributed by atoms with E-state index in [1.54, 1.807) is 0 Å². The van der Waals surface area contributed by atoms with E-state index in [-0.39, 0.29) is 24.0 Å². The molecule has 0 bridgehead atoms. The lowest BCUT2D eigenvalue weighted by Crippen LogP contribution is -2.45. The third-order valence-electron chi connectivity index (χ3n) is 5.04. The summed E-state index contributed by atoms with van der Waals surface area (Å²) >= 11 is 0. The van der Waals surface area contributed by atoms with Crippen molar-refractivity contribution in [3.63, 3.8) is 0 Å². The summed E-state index contributed by atoms with van der Waals surface area (Å²) < 4.78 is 5.56. The smallest absolute Gasteiger partial charge is 0.191 e. The lowest BCUT2D eigenvalue weighted by atomic mass is 9.87. The van der Waals surface area contributed by atoms with Crippen molar-refractivity contribution < 1.29 is 4.74 Å². The molecule has 134 valence electrons. The summed E-state index contributed by atoms with van der Waals surface area (Å²) in [5.41, 5.74) is 2.71. The Morgan fingerprint density at radius 2 is 2.04 bits per heavy atom. The number of guanidine groups is 1. The van der Waals surface area contributed by atoms with Gasteiger partial charge in [0.2, 0.25) is 0 Å². The predicted molar refractivity (Wildman–Crippen MR) is 111 cm³/mol. The van der Waals surface area contributed by atoms with Crippen molar-refractivity contribution in [1.29, 1.82) is 0 Å². The lowest BCUT2D eigenvalue weighted by Gasteiger charge is -2.28. The maximum absolute atomic E-state index is 5.56. The fourth-order valence-corrected chi connectivity index (χ4v) is 3.51. The highest BCUT2D eigenvalue weighted by Gasteiger charge is 2.18. The summed E-state index contributed by atoms with van der Waals surface area (Å²) in [6.45, 7) is 4.08. The normalized spacial score (nSPS) is 23.0. The van der Waals surface area contributed by atoms with E-state index in [1.165, 1.54) is 36.8 Å². The van der Waals surface area contributed by atoms with Crippen molar-refractivity contribution in [2.45, 2.75) is 51.5 Å². The van der Waals surface area contributed by atoms with E-state index in [9.17, 15) is 0 Å². The van der Waals surface area contributed by atoms with E-state index in [2.05, 4.69) is 40.7 Å². The van der Waals surface area contributed by atoms with Crippen LogP contribution in [0.2, 0.25) is 0 Å². The van der Waals surface area contributed by atoms with Gasteiger partial charge in [-0.3, -0.25) is 4.99 Å². The molecule has 2 N–H and O–H groups in total. The molecular formula is C19H30IN3O. The molecule has 0 spiro atoms. The molecule has 1 aromatic rings. The summed E-state index contributed by atoms with van der Waals surface area (Å²) in [6, 6.07) is 7.14. The highest BCUT2D eigenvalue weighted by atomic mass is 127. The Morgan fingerprint density at radius 1 is 1.25 bits per heavy atom. The number of benzene rings is 1. The van der Waals surface area contributed by atoms with Crippen molar-refractivity contribution in [3.8, 4) is 5.75 Å². The van der Waals surface area contributed by atoms with E-state index < -0.39 is 0 Å². The molecule has 0 radical (unpaired) electrons. The number of nitrogens with one attached hydrogen (secondary N) is 2. The van der Waals surface area contributed by atoms with Crippen LogP contribution in [-0.4, -0.2) is 32.2 Å². The zero-order valence-electron chi connectivity index (χ0n) is 14.8. The maximum Gasteiger partial charge on any atom is 0.191 e. The van der Waals surface area contributed by atoms with Crippen LogP contribution in [0.25, 0.3) is 0 Å². The lowest BCUT2D eigenvalue weighted by molar-refractivity contribution is 0.329. The Hall–Kier alpha value is -0.980. The number of hydrogen-bond acceptors (Lipinski definition) is 2. The van der Waals surface area contributed by atoms with Crippen LogP contribution >= 0.6 is 24.0 Å². The second-order valence-corrected chi connectivity index (χ2v) is 6.89. The van der Waals surface area contributed by atoms with Crippen molar-refractivity contribution in [3.05, 3.63) is 29.3 Å². The summed E-state index contributed by atoms with van der Waals surface area (Å²) in [5.74, 6) is 2.88. The summed E-state index contributed by atoms with van der Waals surface area (Å²) in [7, 11) is 1.85. The van der Waals surface area contributed by atoms with Gasteiger partial charge in [-0.15, -0.1) is 24.0 Å². The van der Waals surface area contributed by atoms with Gasteiger partial charge in [0.15, 0.2) is 5.96 Å². The maximum atomic E-state index is 5.56. The zero-order chi connectivity index (χ0) is 16.1. The van der Waals surface area contributed by atoms with Crippen molar-refractivity contribution in [2.75, 3.05) is 20.2 Å². The molecule has 1 saturated carbocycles. The molecule has 1 aliphatic heterocycles. The minimum atomic E-state index is 0. The van der Waals surface area contributed by atoms with Gasteiger partial charge < -0.3 is 15.4 Å². The van der Waals surface area contributed by atoms with Gasteiger partial charge in [-0.25, -0.2) is 0 Å². The molecule has 0 amide bonds. The molecule has 2 aliphatic rings. The molecule has 0 unspecified atom stereocenters. The van der Waals surface area contributed by atoms with Crippen LogP contribution in [0.1, 0.15) is 43.7 Å². The fourth-order valence-electron chi connectivity index (χ4n) is 3.51. The largest absolute Gasteiger partial charge is 0.493 e. The Morgan fingerprint density at radius 3 is 2.79 bits per heavy atom. The Bertz CT molecular complexity index is 554. The molecule has 4 nitrogen and oxygen atoms in total. The van der Waals surface area contributed by atoms with E-state index in [4.69, 9.17) is 4.74 Å². The Balaban J connectivity index is 0.00000208. The summed E-state index contributed by atoms with van der Waals surface area (Å²) in [4.78, 5) is 4.36. The van der Waals surface area contributed by atoms with Crippen LogP contribution in [0.4, 0.5) is 0 Å². The molecule has 3 rings (SSSR count). The number of ether oxygens (including phenoxy) is 1. The molecule has 24 heavy (non-hydrogen) atoms. The molecule has 1 aliphatic carbocycles. The topological polar surface area (TPSA) is 45.7 Å². The Labute approximate surface area is 162 Å². The molecular weight excluding hydrogens is 413 g/mol. The summed E-state index contributed by atoms with van der Waals surface area (Å²) in [6.07, 6.45) is 7.21. The first-order valence-electron chi connectivity index (χ1n) is 8.96. The number of aliphatic imine (C=N–C) groups is 1. The second-order valence-electron chi connectivity index (χ2n) is 6.89. The monoisotopic (exact) mass is 443 g/mol. The standard InChI is InChI=1S/C19H29N3O.HI/c1-14-3-6-17(7-4-14)22-19(20-2)21-11-9-15-5-8-18-16(13-15)10-12-23-18;/h5,8,13-14,17H,3-4,6-7,9-12H2,1-2H3,(H2,20,21,22);1H. The third kappa shape index (κ3) is 5.26. The minimum absolute atomic E-state index is 0. The van der Waals surface area contributed by atoms with Gasteiger partial charge in [0.05, 0.1) is 6.61 Å². The predicted octanol–water partition coefficient (Wildman–Crippen LogP) is 3.53. The number of rotatable bonds is 4. The van der Waals surface area contributed by atoms with Gasteiger partial charge in [0, 0.05) is 26.1 Å². The average Bonchev–Trinajstić information content (AvgIpc) is 3.03. The fraction of sp³-hybridized carbons (Fsp3) is 0.632. The first-order chi connectivity index (χ1) is 11.2. The number of nitrogens with zero attached hydrogens (tertiary/aromatic N) is 1. The van der Waals surface area contributed by atoms with Gasteiger partial charge in [-0.05, 0) is 55.2 Å². The zero-order valence-corrected chi connectivity index (χ0v) is 17.1. The SMILES string of the molecule is CN=C(NCCc1ccc2c(c1)CCO2)NC1CCC(C)CC1.I. The number of hydrogen-bond donors (Lipinski definition) is 2. The average molecular weight is 443 g/mol. The highest BCUT2D eigenvalue weighted by molar-refractivity contribution is 14.0. The van der Waals surface area contributed by atoms with Gasteiger partial charge in [-0.1, -0.05) is 19.1 Å². The molecule has 0 atom stereocenters. The first-order valence-corrected chi connectivity index (χ1v) is 8.96. The van der Waals surface area contributed by atoms with Crippen LogP contribution in [0, 0.1) is 5.92 Å². The van der Waals surface area contributed by atoms with E-state index >= 15 is 0 Å². The quantitative estimate of drug-likeness (QED) is 0.425. The van der Waals surface area contributed by atoms with Crippen LogP contribution in [0.3, 0.4) is 0 Å². The summed E-state index contributed by atoms with van der Waals surface area (Å²) in [5, 5.41) is 7.02. The van der Waals surface area contributed by atoms with E-state index in [0.29, 0.717) is 6.04 Å². The Kier molecular flexibility index (Phi) is 7.65. The molecule has 0 aromatic heterocycles. The van der Waals surface area contributed by atoms with Gasteiger partial charge in [0.1, 0.15) is 5.75 Å². The number of halogens is 1. The van der Waals surface area contributed by atoms with Gasteiger partial charge >= 0.3 is 0 Å². The molecule has 5 heteroatoms. The first kappa shape index (κ1) is 19.3. The van der Waals surface area contributed by atoms with Crippen LogP contribution < -0.4 is 15.4 Å². The van der Waals surface area contributed by atoms with Crippen molar-refractivity contribution in [2.24, 2.45) is 10.9 Å². The van der Waals surface area contributed by atoms with E-state index in [0.717, 1.165) is 43.6 Å². The second kappa shape index (κ2) is 9.49. The molecule has 1 fully saturated rings. The van der Waals surface area contributed by atoms with Crippen molar-refractivity contribution >= 4 is 29.9 Å². The minimum Gasteiger partial charge on any atom is -0.493 e.